The van der Waals surface area contributed by atoms with Crippen molar-refractivity contribution in [2.75, 3.05) is 19.8 Å². The molecule has 16 heavy (non-hydrogen) atoms. The van der Waals surface area contributed by atoms with Crippen molar-refractivity contribution in [2.24, 2.45) is 0 Å². The molecule has 0 amide bonds. The van der Waals surface area contributed by atoms with E-state index < -0.39 is 13.5 Å². The Bertz CT molecular complexity index is 225. The molecule has 0 heterocycles. The number of phosphoric acid groups is 1. The third-order valence-electron chi connectivity index (χ3n) is 1.73. The van der Waals surface area contributed by atoms with Gasteiger partial charge in [0.15, 0.2) is 5.72 Å². The zero-order valence-corrected chi connectivity index (χ0v) is 9.89. The summed E-state index contributed by atoms with van der Waals surface area (Å²) in [5.41, 5.74) is 0.708. The topological polar surface area (TPSA) is 128 Å². The van der Waals surface area contributed by atoms with E-state index >= 15 is 0 Å². The predicted molar refractivity (Wildman–Crippen MR) is 54.0 cm³/mol. The van der Waals surface area contributed by atoms with E-state index in [0.717, 1.165) is 0 Å². The number of hydroxylamine groups is 1. The zero-order chi connectivity index (χ0) is 12.7. The molecular formula is C7H18NO7P. The van der Waals surface area contributed by atoms with E-state index in [1.54, 1.807) is 6.92 Å². The highest BCUT2D eigenvalue weighted by atomic mass is 31.2. The van der Waals surface area contributed by atoms with Crippen LogP contribution in [0.5, 0.6) is 0 Å². The molecule has 0 radical (unpaired) electrons. The van der Waals surface area contributed by atoms with Gasteiger partial charge in [-0.15, -0.1) is 0 Å². The first-order valence-corrected chi connectivity index (χ1v) is 6.29. The van der Waals surface area contributed by atoms with Gasteiger partial charge in [-0.25, -0.2) is 4.57 Å². The number of aliphatic hydroxyl groups is 2. The van der Waals surface area contributed by atoms with Crippen molar-refractivity contribution in [3.8, 4) is 0 Å². The lowest BCUT2D eigenvalue weighted by atomic mass is 10.1. The van der Waals surface area contributed by atoms with Crippen LogP contribution in [0.15, 0.2) is 0 Å². The molecule has 0 rings (SSSR count). The SMILES string of the molecule is CCONC(CCO)(CCO)OP(=O)(O)O. The van der Waals surface area contributed by atoms with E-state index in [4.69, 9.17) is 24.8 Å². The maximum atomic E-state index is 10.8. The molecule has 0 aromatic carbocycles. The molecule has 0 aromatic rings. The first-order valence-electron chi connectivity index (χ1n) is 4.76. The Balaban J connectivity index is 4.69. The molecule has 0 saturated carbocycles. The maximum Gasteiger partial charge on any atom is 0.471 e. The smallest absolute Gasteiger partial charge is 0.396 e. The molecule has 0 unspecified atom stereocenters. The van der Waals surface area contributed by atoms with Gasteiger partial charge >= 0.3 is 7.82 Å². The summed E-state index contributed by atoms with van der Waals surface area (Å²) in [6.07, 6.45) is -0.253. The van der Waals surface area contributed by atoms with Crippen molar-refractivity contribution >= 4 is 7.82 Å². The normalized spacial score (nSPS) is 13.1. The molecular weight excluding hydrogens is 241 g/mol. The summed E-state index contributed by atoms with van der Waals surface area (Å²) in [5, 5.41) is 17.6. The van der Waals surface area contributed by atoms with Crippen LogP contribution in [0.4, 0.5) is 0 Å². The van der Waals surface area contributed by atoms with E-state index in [-0.39, 0.29) is 32.7 Å². The predicted octanol–water partition coefficient (Wildman–Crippen LogP) is -0.902. The fraction of sp³-hybridized carbons (Fsp3) is 1.00. The fourth-order valence-electron chi connectivity index (χ4n) is 1.13. The van der Waals surface area contributed by atoms with Crippen molar-refractivity contribution in [3.05, 3.63) is 0 Å². The van der Waals surface area contributed by atoms with Gasteiger partial charge in [-0.2, -0.15) is 5.48 Å². The van der Waals surface area contributed by atoms with Crippen molar-refractivity contribution in [1.82, 2.24) is 5.48 Å². The quantitative estimate of drug-likeness (QED) is 0.205. The van der Waals surface area contributed by atoms with Gasteiger partial charge in [-0.1, -0.05) is 0 Å². The van der Waals surface area contributed by atoms with Crippen molar-refractivity contribution < 1.29 is 33.9 Å². The lowest BCUT2D eigenvalue weighted by Gasteiger charge is -2.32. The van der Waals surface area contributed by atoms with Gasteiger partial charge in [0.05, 0.1) is 6.61 Å². The molecule has 0 atom stereocenters. The molecule has 0 spiro atoms. The molecule has 0 bridgehead atoms. The monoisotopic (exact) mass is 259 g/mol. The third-order valence-corrected chi connectivity index (χ3v) is 2.31. The van der Waals surface area contributed by atoms with Crippen LogP contribution >= 0.6 is 7.82 Å². The Kier molecular flexibility index (Phi) is 7.29. The van der Waals surface area contributed by atoms with Crippen molar-refractivity contribution in [2.45, 2.75) is 25.5 Å². The van der Waals surface area contributed by atoms with Crippen molar-refractivity contribution in [3.63, 3.8) is 0 Å². The molecule has 0 fully saturated rings. The van der Waals surface area contributed by atoms with Gasteiger partial charge in [0.1, 0.15) is 0 Å². The summed E-state index contributed by atoms with van der Waals surface area (Å²) >= 11 is 0. The molecule has 5 N–H and O–H groups in total. The minimum Gasteiger partial charge on any atom is -0.396 e. The first-order chi connectivity index (χ1) is 7.39. The molecule has 0 aliphatic carbocycles. The minimum atomic E-state index is -4.75. The standard InChI is InChI=1S/C7H18NO7P/c1-2-14-8-7(3-5-9,4-6-10)15-16(11,12)13/h8-10H,2-6H2,1H3,(H2,11,12,13). The van der Waals surface area contributed by atoms with Crippen LogP contribution in [0.25, 0.3) is 0 Å². The molecule has 0 aliphatic heterocycles. The number of phosphoric ester groups is 1. The molecule has 8 nitrogen and oxygen atoms in total. The number of aliphatic hydroxyl groups excluding tert-OH is 2. The summed E-state index contributed by atoms with van der Waals surface area (Å²) in [5.74, 6) is 0. The van der Waals surface area contributed by atoms with Crippen LogP contribution < -0.4 is 5.48 Å². The van der Waals surface area contributed by atoms with Crippen LogP contribution in [0.1, 0.15) is 19.8 Å². The second kappa shape index (κ2) is 7.31. The van der Waals surface area contributed by atoms with Gasteiger partial charge in [0.2, 0.25) is 0 Å². The van der Waals surface area contributed by atoms with Crippen LogP contribution in [-0.2, 0) is 13.9 Å². The maximum absolute atomic E-state index is 10.8. The van der Waals surface area contributed by atoms with E-state index in [1.165, 1.54) is 0 Å². The highest BCUT2D eigenvalue weighted by Gasteiger charge is 2.37. The van der Waals surface area contributed by atoms with Gasteiger partial charge in [0, 0.05) is 26.1 Å². The lowest BCUT2D eigenvalue weighted by Crippen LogP contribution is -2.48. The number of hydrogen-bond donors (Lipinski definition) is 5. The van der Waals surface area contributed by atoms with Gasteiger partial charge in [-0.3, -0.25) is 9.36 Å². The molecule has 0 aromatic heterocycles. The lowest BCUT2D eigenvalue weighted by molar-refractivity contribution is -0.136. The van der Waals surface area contributed by atoms with Crippen LogP contribution in [0.2, 0.25) is 0 Å². The van der Waals surface area contributed by atoms with Gasteiger partial charge in [-0.05, 0) is 6.92 Å². The van der Waals surface area contributed by atoms with Crippen LogP contribution in [-0.4, -0.2) is 45.5 Å². The Hall–Kier alpha value is -0.0500. The Morgan fingerprint density at radius 3 is 2.06 bits per heavy atom. The van der Waals surface area contributed by atoms with E-state index in [9.17, 15) is 4.57 Å². The summed E-state index contributed by atoms with van der Waals surface area (Å²) in [7, 11) is -4.75. The summed E-state index contributed by atoms with van der Waals surface area (Å²) in [4.78, 5) is 22.3. The number of hydrogen-bond acceptors (Lipinski definition) is 6. The van der Waals surface area contributed by atoms with Gasteiger partial charge in [0.25, 0.3) is 0 Å². The number of nitrogens with one attached hydrogen (secondary N) is 1. The molecule has 98 valence electrons. The Labute approximate surface area is 93.4 Å². The third kappa shape index (κ3) is 6.51. The fourth-order valence-corrected chi connectivity index (χ4v) is 1.80. The Morgan fingerprint density at radius 1 is 1.25 bits per heavy atom. The van der Waals surface area contributed by atoms with E-state index in [2.05, 4.69) is 10.0 Å². The highest BCUT2D eigenvalue weighted by molar-refractivity contribution is 7.46. The Morgan fingerprint density at radius 2 is 1.75 bits per heavy atom. The summed E-state index contributed by atoms with van der Waals surface area (Å²) in [6.45, 7) is 1.15. The van der Waals surface area contributed by atoms with E-state index in [1.807, 2.05) is 0 Å². The average Bonchev–Trinajstić information content (AvgIpc) is 2.13. The minimum absolute atomic E-state index is 0.126. The largest absolute Gasteiger partial charge is 0.471 e. The highest BCUT2D eigenvalue weighted by Crippen LogP contribution is 2.42. The van der Waals surface area contributed by atoms with Crippen LogP contribution in [0.3, 0.4) is 0 Å². The average molecular weight is 259 g/mol. The first kappa shape index (κ1) is 16.0. The summed E-state index contributed by atoms with van der Waals surface area (Å²) in [6, 6.07) is 0. The van der Waals surface area contributed by atoms with E-state index in [0.29, 0.717) is 0 Å². The zero-order valence-electron chi connectivity index (χ0n) is 9.00. The molecule has 9 heteroatoms. The molecule has 0 aliphatic rings. The van der Waals surface area contributed by atoms with Crippen LogP contribution in [0, 0.1) is 0 Å². The second-order valence-electron chi connectivity index (χ2n) is 3.06. The summed E-state index contributed by atoms with van der Waals surface area (Å²) < 4.78 is 15.3. The molecule has 0 saturated heterocycles. The van der Waals surface area contributed by atoms with Crippen molar-refractivity contribution in [1.29, 1.82) is 0 Å². The number of rotatable bonds is 9. The van der Waals surface area contributed by atoms with Gasteiger partial charge < -0.3 is 20.0 Å². The second-order valence-corrected chi connectivity index (χ2v) is 4.22.